The Bertz CT molecular complexity index is 563. The summed E-state index contributed by atoms with van der Waals surface area (Å²) >= 11 is 0. The van der Waals surface area contributed by atoms with E-state index in [0.29, 0.717) is 6.42 Å². The molecule has 0 saturated heterocycles. The van der Waals surface area contributed by atoms with Gasteiger partial charge in [0.2, 0.25) is 5.91 Å². The third-order valence-corrected chi connectivity index (χ3v) is 3.31. The molecule has 2 aromatic rings. The second-order valence-corrected chi connectivity index (χ2v) is 4.89. The van der Waals surface area contributed by atoms with Crippen LogP contribution in [-0.2, 0) is 11.2 Å². The second kappa shape index (κ2) is 6.34. The first kappa shape index (κ1) is 13.6. The van der Waals surface area contributed by atoms with Crippen LogP contribution in [0.2, 0.25) is 0 Å². The van der Waals surface area contributed by atoms with Crippen molar-refractivity contribution < 1.29 is 4.79 Å². The number of hydrazine groups is 1. The Hall–Kier alpha value is -1.87. The van der Waals surface area contributed by atoms with Gasteiger partial charge in [-0.1, -0.05) is 42.5 Å². The number of benzene rings is 2. The molecule has 0 aliphatic rings. The minimum Gasteiger partial charge on any atom is -0.284 e. The van der Waals surface area contributed by atoms with Crippen molar-refractivity contribution in [2.45, 2.75) is 25.7 Å². The van der Waals surface area contributed by atoms with Crippen molar-refractivity contribution in [1.29, 1.82) is 0 Å². The zero-order chi connectivity index (χ0) is 13.7. The largest absolute Gasteiger partial charge is 0.284 e. The van der Waals surface area contributed by atoms with E-state index in [-0.39, 0.29) is 5.91 Å². The molecule has 2 rings (SSSR count). The van der Waals surface area contributed by atoms with Crippen molar-refractivity contribution in [2.75, 3.05) is 7.05 Å². The lowest BCUT2D eigenvalue weighted by molar-refractivity contribution is -0.130. The number of unbranched alkanes of at least 4 members (excludes halogenated alkanes) is 1. The molecule has 0 fully saturated rings. The van der Waals surface area contributed by atoms with Gasteiger partial charge in [0.25, 0.3) is 0 Å². The smallest absolute Gasteiger partial charge is 0.236 e. The molecule has 0 aromatic heterocycles. The number of hydrogen-bond donors (Lipinski definition) is 1. The Balaban J connectivity index is 1.86. The third kappa shape index (κ3) is 3.80. The summed E-state index contributed by atoms with van der Waals surface area (Å²) in [7, 11) is 1.59. The number of nitrogens with two attached hydrogens (primary N) is 1. The van der Waals surface area contributed by atoms with Gasteiger partial charge in [-0.05, 0) is 35.6 Å². The van der Waals surface area contributed by atoms with E-state index >= 15 is 0 Å². The molecule has 0 aliphatic heterocycles. The first-order chi connectivity index (χ1) is 9.16. The van der Waals surface area contributed by atoms with Gasteiger partial charge in [0, 0.05) is 13.5 Å². The van der Waals surface area contributed by atoms with Crippen LogP contribution in [0.25, 0.3) is 10.8 Å². The molecule has 2 N–H and O–H groups in total. The summed E-state index contributed by atoms with van der Waals surface area (Å²) in [4.78, 5) is 11.3. The monoisotopic (exact) mass is 256 g/mol. The molecule has 3 heteroatoms. The first-order valence-corrected chi connectivity index (χ1v) is 6.66. The fourth-order valence-corrected chi connectivity index (χ4v) is 2.18. The molecule has 0 atom stereocenters. The molecule has 0 heterocycles. The lowest BCUT2D eigenvalue weighted by Crippen LogP contribution is -2.32. The van der Waals surface area contributed by atoms with E-state index < -0.39 is 0 Å². The van der Waals surface area contributed by atoms with Gasteiger partial charge >= 0.3 is 0 Å². The van der Waals surface area contributed by atoms with Crippen LogP contribution in [0.5, 0.6) is 0 Å². The Kier molecular flexibility index (Phi) is 4.53. The molecule has 3 nitrogen and oxygen atoms in total. The van der Waals surface area contributed by atoms with Crippen molar-refractivity contribution >= 4 is 16.7 Å². The standard InChI is InChI=1S/C16H20N2O/c1-18(17)16(19)9-5-2-6-13-10-11-14-7-3-4-8-15(14)12-13/h3-4,7-8,10-12H,2,5-6,9,17H2,1H3. The number of hydrogen-bond acceptors (Lipinski definition) is 2. The highest BCUT2D eigenvalue weighted by molar-refractivity contribution is 5.83. The third-order valence-electron chi connectivity index (χ3n) is 3.31. The Morgan fingerprint density at radius 2 is 1.84 bits per heavy atom. The van der Waals surface area contributed by atoms with Gasteiger partial charge in [0.1, 0.15) is 0 Å². The topological polar surface area (TPSA) is 46.3 Å². The number of aryl methyl sites for hydroxylation is 1. The molecule has 0 aliphatic carbocycles. The van der Waals surface area contributed by atoms with Crippen LogP contribution in [-0.4, -0.2) is 18.0 Å². The van der Waals surface area contributed by atoms with E-state index in [1.54, 1.807) is 7.05 Å². The lowest BCUT2D eigenvalue weighted by atomic mass is 10.0. The maximum Gasteiger partial charge on any atom is 0.236 e. The van der Waals surface area contributed by atoms with Gasteiger partial charge in [0.15, 0.2) is 0 Å². The van der Waals surface area contributed by atoms with Crippen LogP contribution in [0.4, 0.5) is 0 Å². The summed E-state index contributed by atoms with van der Waals surface area (Å²) < 4.78 is 0. The molecule has 0 radical (unpaired) electrons. The Morgan fingerprint density at radius 1 is 1.11 bits per heavy atom. The predicted octanol–water partition coefficient (Wildman–Crippen LogP) is 2.88. The summed E-state index contributed by atoms with van der Waals surface area (Å²) in [6.07, 6.45) is 3.43. The quantitative estimate of drug-likeness (QED) is 0.387. The fraction of sp³-hybridized carbons (Fsp3) is 0.312. The molecule has 0 unspecified atom stereocenters. The SMILES string of the molecule is CN(N)C(=O)CCCCc1ccc2ccccc2c1. The van der Waals surface area contributed by atoms with Crippen molar-refractivity contribution in [3.05, 3.63) is 48.0 Å². The summed E-state index contributed by atoms with van der Waals surface area (Å²) in [5, 5.41) is 3.71. The van der Waals surface area contributed by atoms with Crippen molar-refractivity contribution in [3.8, 4) is 0 Å². The van der Waals surface area contributed by atoms with Crippen molar-refractivity contribution in [2.24, 2.45) is 5.84 Å². The van der Waals surface area contributed by atoms with Crippen LogP contribution < -0.4 is 5.84 Å². The zero-order valence-corrected chi connectivity index (χ0v) is 11.3. The van der Waals surface area contributed by atoms with Gasteiger partial charge in [0.05, 0.1) is 0 Å². The van der Waals surface area contributed by atoms with E-state index in [9.17, 15) is 4.79 Å². The number of fused-ring (bicyclic) bond motifs is 1. The molecular weight excluding hydrogens is 236 g/mol. The number of carbonyl (C=O) groups is 1. The molecule has 0 bridgehead atoms. The van der Waals surface area contributed by atoms with Crippen LogP contribution in [0, 0.1) is 0 Å². The molecule has 100 valence electrons. The highest BCUT2D eigenvalue weighted by atomic mass is 16.2. The van der Waals surface area contributed by atoms with Gasteiger partial charge < -0.3 is 0 Å². The highest BCUT2D eigenvalue weighted by Gasteiger charge is 2.03. The highest BCUT2D eigenvalue weighted by Crippen LogP contribution is 2.17. The van der Waals surface area contributed by atoms with E-state index in [4.69, 9.17) is 5.84 Å². The minimum absolute atomic E-state index is 0.00138. The first-order valence-electron chi connectivity index (χ1n) is 6.66. The molecule has 0 saturated carbocycles. The second-order valence-electron chi connectivity index (χ2n) is 4.89. The number of nitrogens with zero attached hydrogens (tertiary/aromatic N) is 1. The van der Waals surface area contributed by atoms with Gasteiger partial charge in [-0.2, -0.15) is 0 Å². The van der Waals surface area contributed by atoms with E-state index in [1.807, 2.05) is 0 Å². The van der Waals surface area contributed by atoms with Crippen molar-refractivity contribution in [3.63, 3.8) is 0 Å². The van der Waals surface area contributed by atoms with Crippen molar-refractivity contribution in [1.82, 2.24) is 5.01 Å². The molecular formula is C16H20N2O. The normalized spacial score (nSPS) is 10.6. The average molecular weight is 256 g/mol. The minimum atomic E-state index is -0.00138. The predicted molar refractivity (Wildman–Crippen MR) is 78.5 cm³/mol. The zero-order valence-electron chi connectivity index (χ0n) is 11.3. The fourth-order valence-electron chi connectivity index (χ4n) is 2.18. The van der Waals surface area contributed by atoms with Gasteiger partial charge in [-0.3, -0.25) is 9.80 Å². The van der Waals surface area contributed by atoms with Crippen LogP contribution in [0.15, 0.2) is 42.5 Å². The lowest BCUT2D eigenvalue weighted by Gasteiger charge is -2.09. The summed E-state index contributed by atoms with van der Waals surface area (Å²) in [6, 6.07) is 14.9. The average Bonchev–Trinajstić information content (AvgIpc) is 2.43. The Labute approximate surface area is 114 Å². The molecule has 2 aromatic carbocycles. The van der Waals surface area contributed by atoms with Crippen LogP contribution >= 0.6 is 0 Å². The number of amides is 1. The Morgan fingerprint density at radius 3 is 2.58 bits per heavy atom. The number of carbonyl (C=O) groups excluding carboxylic acids is 1. The van der Waals surface area contributed by atoms with Crippen LogP contribution in [0.3, 0.4) is 0 Å². The van der Waals surface area contributed by atoms with Crippen LogP contribution in [0.1, 0.15) is 24.8 Å². The van der Waals surface area contributed by atoms with E-state index in [0.717, 1.165) is 24.3 Å². The summed E-state index contributed by atoms with van der Waals surface area (Å²) in [5.74, 6) is 5.37. The molecule has 19 heavy (non-hydrogen) atoms. The summed E-state index contributed by atoms with van der Waals surface area (Å²) in [6.45, 7) is 0. The molecule has 1 amide bonds. The van der Waals surface area contributed by atoms with Gasteiger partial charge in [-0.15, -0.1) is 0 Å². The van der Waals surface area contributed by atoms with Gasteiger partial charge in [-0.25, -0.2) is 5.84 Å². The number of rotatable bonds is 5. The maximum absolute atomic E-state index is 11.3. The van der Waals surface area contributed by atoms with E-state index in [2.05, 4.69) is 42.5 Å². The van der Waals surface area contributed by atoms with E-state index in [1.165, 1.54) is 16.3 Å². The summed E-state index contributed by atoms with van der Waals surface area (Å²) in [5.41, 5.74) is 1.33. The maximum atomic E-state index is 11.3. The molecule has 0 spiro atoms.